The van der Waals surface area contributed by atoms with E-state index in [1.165, 1.54) is 10.8 Å². The average Bonchev–Trinajstić information content (AvgIpc) is 2.62. The molecule has 0 aliphatic heterocycles. The molecule has 0 radical (unpaired) electrons. The number of halogens is 2. The van der Waals surface area contributed by atoms with E-state index in [0.717, 1.165) is 31.2 Å². The van der Waals surface area contributed by atoms with Gasteiger partial charge in [0.15, 0.2) is 0 Å². The number of fused-ring (bicyclic) bond motifs is 2. The van der Waals surface area contributed by atoms with Gasteiger partial charge < -0.3 is 9.31 Å². The molecule has 4 aromatic carbocycles. The van der Waals surface area contributed by atoms with E-state index >= 15 is 0 Å². The molecule has 4 rings (SSSR count). The van der Waals surface area contributed by atoms with Gasteiger partial charge in [-0.1, -0.05) is 56.1 Å². The van der Waals surface area contributed by atoms with Gasteiger partial charge in [0.1, 0.15) is 11.5 Å². The predicted octanol–water partition coefficient (Wildman–Crippen LogP) is 6.24. The summed E-state index contributed by atoms with van der Waals surface area (Å²) in [6, 6.07) is 24.4. The highest BCUT2D eigenvalue weighted by atomic mass is 79.9. The van der Waals surface area contributed by atoms with Crippen molar-refractivity contribution in [1.29, 1.82) is 0 Å². The lowest BCUT2D eigenvalue weighted by Crippen LogP contribution is -2.10. The van der Waals surface area contributed by atoms with Crippen molar-refractivity contribution in [1.82, 2.24) is 0 Å². The molecular weight excluding hydrogens is 443 g/mol. The van der Waals surface area contributed by atoms with E-state index in [1.807, 2.05) is 48.5 Å². The normalized spacial score (nSPS) is 10.8. The Bertz CT molecular complexity index is 981. The molecule has 0 aromatic heterocycles. The second-order valence-corrected chi connectivity index (χ2v) is 7.54. The Labute approximate surface area is 163 Å². The van der Waals surface area contributed by atoms with Crippen molar-refractivity contribution in [3.05, 3.63) is 81.7 Å². The van der Waals surface area contributed by atoms with Crippen LogP contribution >= 0.6 is 31.9 Å². The molecule has 2 nitrogen and oxygen atoms in total. The molecule has 0 aliphatic rings. The molecule has 0 amide bonds. The Kier molecular flexibility index (Phi) is 4.68. The van der Waals surface area contributed by atoms with E-state index < -0.39 is 0 Å². The molecule has 0 N–H and O–H groups in total. The fourth-order valence-electron chi connectivity index (χ4n) is 2.73. The highest BCUT2D eigenvalue weighted by Crippen LogP contribution is 2.25. The third-order valence-corrected chi connectivity index (χ3v) is 4.99. The Morgan fingerprint density at radius 3 is 1.40 bits per heavy atom. The van der Waals surface area contributed by atoms with Crippen LogP contribution in [0.3, 0.4) is 0 Å². The maximum atomic E-state index is 5.74. The van der Waals surface area contributed by atoms with E-state index in [1.54, 1.807) is 0 Å². The van der Waals surface area contributed by atoms with Gasteiger partial charge in [-0.05, 0) is 70.1 Å². The van der Waals surface area contributed by atoms with Crippen LogP contribution in [0.4, 0.5) is 0 Å². The van der Waals surface area contributed by atoms with Crippen molar-refractivity contribution in [2.75, 3.05) is 0 Å². The number of hydrogen-bond acceptors (Lipinski definition) is 2. The second-order valence-electron chi connectivity index (χ2n) is 5.71. The summed E-state index contributed by atoms with van der Waals surface area (Å²) in [5.41, 5.74) is 0. The molecule has 4 aromatic rings. The lowest BCUT2D eigenvalue weighted by Gasteiger charge is -2.09. The van der Waals surface area contributed by atoms with Crippen LogP contribution in [0.2, 0.25) is 0 Å². The summed E-state index contributed by atoms with van der Waals surface area (Å²) in [6.07, 6.45) is 0. The number of rotatable bonds is 4. The molecule has 5 heteroatoms. The highest BCUT2D eigenvalue weighted by molar-refractivity contribution is 9.10. The summed E-state index contributed by atoms with van der Waals surface area (Å²) >= 11 is 6.97. The average molecular weight is 456 g/mol. The third-order valence-electron chi connectivity index (χ3n) is 4.00. The van der Waals surface area contributed by atoms with Gasteiger partial charge in [0.2, 0.25) is 0 Å². The van der Waals surface area contributed by atoms with Crippen LogP contribution in [0.5, 0.6) is 11.5 Å². The maximum Gasteiger partial charge on any atom is 0.576 e. The maximum absolute atomic E-state index is 5.74. The molecule has 0 fully saturated rings. The van der Waals surface area contributed by atoms with Crippen molar-refractivity contribution < 1.29 is 9.31 Å². The van der Waals surface area contributed by atoms with E-state index in [2.05, 4.69) is 56.1 Å². The summed E-state index contributed by atoms with van der Waals surface area (Å²) in [4.78, 5) is 0. The van der Waals surface area contributed by atoms with E-state index in [0.29, 0.717) is 0 Å². The summed E-state index contributed by atoms with van der Waals surface area (Å²) < 4.78 is 13.6. The van der Waals surface area contributed by atoms with Crippen molar-refractivity contribution >= 4 is 61.1 Å². The first-order chi connectivity index (χ1) is 12.2. The Balaban J connectivity index is 1.45. The Morgan fingerprint density at radius 1 is 0.520 bits per heavy atom. The first kappa shape index (κ1) is 16.5. The van der Waals surface area contributed by atoms with Gasteiger partial charge in [-0.2, -0.15) is 0 Å². The summed E-state index contributed by atoms with van der Waals surface area (Å²) in [7, 11) is 0.171. The molecular formula is C20H13BBr2O2. The van der Waals surface area contributed by atoms with Gasteiger partial charge in [-0.15, -0.1) is 0 Å². The SMILES string of the molecule is Brc1ccc2cc(OBOc3ccc4cc(Br)ccc4c3)ccc2c1. The number of benzene rings is 4. The van der Waals surface area contributed by atoms with Gasteiger partial charge in [-0.3, -0.25) is 0 Å². The lowest BCUT2D eigenvalue weighted by molar-refractivity contribution is 0.460. The van der Waals surface area contributed by atoms with Crippen molar-refractivity contribution in [3.8, 4) is 11.5 Å². The van der Waals surface area contributed by atoms with Gasteiger partial charge >= 0.3 is 7.69 Å². The minimum atomic E-state index is 0.171. The van der Waals surface area contributed by atoms with E-state index in [-0.39, 0.29) is 7.69 Å². The zero-order chi connectivity index (χ0) is 17.2. The smallest absolute Gasteiger partial charge is 0.529 e. The van der Waals surface area contributed by atoms with E-state index in [9.17, 15) is 0 Å². The van der Waals surface area contributed by atoms with Crippen LogP contribution in [0.15, 0.2) is 81.7 Å². The monoisotopic (exact) mass is 454 g/mol. The zero-order valence-electron chi connectivity index (χ0n) is 13.2. The van der Waals surface area contributed by atoms with Crippen molar-refractivity contribution in [3.63, 3.8) is 0 Å². The lowest BCUT2D eigenvalue weighted by atomic mass is 10.1. The molecule has 0 atom stereocenters. The van der Waals surface area contributed by atoms with Crippen LogP contribution in [0, 0.1) is 0 Å². The van der Waals surface area contributed by atoms with Crippen LogP contribution in [-0.4, -0.2) is 7.69 Å². The fraction of sp³-hybridized carbons (Fsp3) is 0. The molecule has 0 aliphatic carbocycles. The van der Waals surface area contributed by atoms with Gasteiger partial charge in [-0.25, -0.2) is 0 Å². The minimum Gasteiger partial charge on any atom is -0.529 e. The zero-order valence-corrected chi connectivity index (χ0v) is 16.4. The third kappa shape index (κ3) is 3.83. The van der Waals surface area contributed by atoms with Gasteiger partial charge in [0.25, 0.3) is 0 Å². The molecule has 0 heterocycles. The molecule has 0 spiro atoms. The largest absolute Gasteiger partial charge is 0.576 e. The summed E-state index contributed by atoms with van der Waals surface area (Å²) in [6.45, 7) is 0. The van der Waals surface area contributed by atoms with Crippen molar-refractivity contribution in [2.24, 2.45) is 0 Å². The van der Waals surface area contributed by atoms with Crippen LogP contribution < -0.4 is 9.31 Å². The fourth-order valence-corrected chi connectivity index (χ4v) is 3.49. The number of hydrogen-bond donors (Lipinski definition) is 0. The van der Waals surface area contributed by atoms with Crippen LogP contribution in [-0.2, 0) is 0 Å². The van der Waals surface area contributed by atoms with Gasteiger partial charge in [0.05, 0.1) is 0 Å². The molecule has 0 saturated carbocycles. The molecule has 0 bridgehead atoms. The molecule has 25 heavy (non-hydrogen) atoms. The van der Waals surface area contributed by atoms with Crippen molar-refractivity contribution in [2.45, 2.75) is 0 Å². The topological polar surface area (TPSA) is 18.5 Å². The standard InChI is InChI=1S/C20H13BBr2O2/c22-17-5-1-15-11-19(7-3-13(15)9-17)24-21-25-20-8-4-14-10-18(23)6-2-16(14)12-20/h1-12,21H. The minimum absolute atomic E-state index is 0.171. The first-order valence-electron chi connectivity index (χ1n) is 7.82. The molecule has 122 valence electrons. The summed E-state index contributed by atoms with van der Waals surface area (Å²) in [5, 5.41) is 4.61. The van der Waals surface area contributed by atoms with E-state index in [4.69, 9.17) is 9.31 Å². The second kappa shape index (κ2) is 7.10. The Morgan fingerprint density at radius 2 is 0.920 bits per heavy atom. The quantitative estimate of drug-likeness (QED) is 0.339. The van der Waals surface area contributed by atoms with Crippen LogP contribution in [0.1, 0.15) is 0 Å². The highest BCUT2D eigenvalue weighted by Gasteiger charge is 2.03. The Hall–Kier alpha value is -1.98. The molecule has 0 unspecified atom stereocenters. The molecule has 0 saturated heterocycles. The first-order valence-corrected chi connectivity index (χ1v) is 9.40. The predicted molar refractivity (Wildman–Crippen MR) is 112 cm³/mol. The summed E-state index contributed by atoms with van der Waals surface area (Å²) in [5.74, 6) is 1.58. The van der Waals surface area contributed by atoms with Gasteiger partial charge in [0, 0.05) is 8.95 Å². The van der Waals surface area contributed by atoms with Crippen LogP contribution in [0.25, 0.3) is 21.5 Å².